The number of halogens is 2. The van der Waals surface area contributed by atoms with E-state index in [-0.39, 0.29) is 5.56 Å². The second kappa shape index (κ2) is 6.03. The number of thiophene rings is 1. The molecule has 0 radical (unpaired) electrons. The quantitative estimate of drug-likeness (QED) is 0.670. The summed E-state index contributed by atoms with van der Waals surface area (Å²) in [6.45, 7) is 2.65. The van der Waals surface area contributed by atoms with Gasteiger partial charge in [0.15, 0.2) is 5.78 Å². The van der Waals surface area contributed by atoms with Crippen molar-refractivity contribution in [2.75, 3.05) is 6.54 Å². The van der Waals surface area contributed by atoms with Gasteiger partial charge < -0.3 is 5.32 Å². The van der Waals surface area contributed by atoms with Gasteiger partial charge in [-0.15, -0.1) is 11.3 Å². The van der Waals surface area contributed by atoms with Crippen molar-refractivity contribution in [3.05, 3.63) is 57.3 Å². The summed E-state index contributed by atoms with van der Waals surface area (Å²) in [4.78, 5) is 39.2. The SMILES string of the molecule is Cc1ccc(C(=O)CN2C(=O)N[C@@](C)(c3cc(F)ccc3F)C2=O)s1. The van der Waals surface area contributed by atoms with Crippen molar-refractivity contribution >= 4 is 29.1 Å². The molecule has 3 amide bonds. The zero-order chi connectivity index (χ0) is 18.4. The number of nitrogens with zero attached hydrogens (tertiary/aromatic N) is 1. The summed E-state index contributed by atoms with van der Waals surface area (Å²) >= 11 is 1.25. The van der Waals surface area contributed by atoms with Crippen LogP contribution in [0.2, 0.25) is 0 Å². The van der Waals surface area contributed by atoms with Crippen LogP contribution in [-0.4, -0.2) is 29.2 Å². The van der Waals surface area contributed by atoms with Gasteiger partial charge in [0.1, 0.15) is 17.2 Å². The minimum atomic E-state index is -1.77. The second-order valence-electron chi connectivity index (χ2n) is 5.90. The molecule has 1 N–H and O–H groups in total. The van der Waals surface area contributed by atoms with Crippen LogP contribution in [-0.2, 0) is 10.3 Å². The number of ketones is 1. The Morgan fingerprint density at radius 1 is 1.24 bits per heavy atom. The van der Waals surface area contributed by atoms with E-state index in [9.17, 15) is 23.2 Å². The van der Waals surface area contributed by atoms with Crippen molar-refractivity contribution < 1.29 is 23.2 Å². The molecule has 0 spiro atoms. The highest BCUT2D eigenvalue weighted by molar-refractivity contribution is 7.14. The Bertz CT molecular complexity index is 896. The first kappa shape index (κ1) is 17.2. The monoisotopic (exact) mass is 364 g/mol. The number of carbonyl (C=O) groups excluding carboxylic acids is 3. The molecule has 0 bridgehead atoms. The molecule has 1 aliphatic heterocycles. The molecule has 2 aromatic rings. The summed E-state index contributed by atoms with van der Waals surface area (Å²) < 4.78 is 27.5. The van der Waals surface area contributed by atoms with Crippen LogP contribution in [0.5, 0.6) is 0 Å². The molecular weight excluding hydrogens is 350 g/mol. The minimum Gasteiger partial charge on any atom is -0.319 e. The first-order valence-corrected chi connectivity index (χ1v) is 8.23. The minimum absolute atomic E-state index is 0.284. The van der Waals surface area contributed by atoms with Crippen LogP contribution in [0, 0.1) is 18.6 Å². The number of hydrogen-bond donors (Lipinski definition) is 1. The highest BCUT2D eigenvalue weighted by atomic mass is 32.1. The standard InChI is InChI=1S/C17H14F2N2O3S/c1-9-3-6-14(25-9)13(22)8-21-15(23)17(2,20-16(21)24)11-7-10(18)4-5-12(11)19/h3-7H,8H2,1-2H3,(H,20,24)/t17-/m0/s1. The van der Waals surface area contributed by atoms with E-state index in [1.54, 1.807) is 12.1 Å². The van der Waals surface area contributed by atoms with Crippen LogP contribution < -0.4 is 5.32 Å². The first-order valence-electron chi connectivity index (χ1n) is 7.41. The number of urea groups is 1. The molecule has 130 valence electrons. The molecule has 0 saturated carbocycles. The van der Waals surface area contributed by atoms with Crippen LogP contribution in [0.1, 0.15) is 27.0 Å². The lowest BCUT2D eigenvalue weighted by atomic mass is 9.91. The number of hydrogen-bond acceptors (Lipinski definition) is 4. The first-order chi connectivity index (χ1) is 11.7. The number of benzene rings is 1. The molecule has 0 aliphatic carbocycles. The molecule has 1 aliphatic rings. The second-order valence-corrected chi connectivity index (χ2v) is 7.19. The Balaban J connectivity index is 1.89. The van der Waals surface area contributed by atoms with Gasteiger partial charge in [-0.25, -0.2) is 13.6 Å². The summed E-state index contributed by atoms with van der Waals surface area (Å²) in [5, 5.41) is 2.36. The van der Waals surface area contributed by atoms with Crippen LogP contribution >= 0.6 is 11.3 Å². The van der Waals surface area contributed by atoms with Gasteiger partial charge in [-0.1, -0.05) is 0 Å². The smallest absolute Gasteiger partial charge is 0.319 e. The van der Waals surface area contributed by atoms with Gasteiger partial charge >= 0.3 is 6.03 Å². The molecular formula is C17H14F2N2O3S. The van der Waals surface area contributed by atoms with E-state index in [1.807, 2.05) is 6.92 Å². The zero-order valence-electron chi connectivity index (χ0n) is 13.4. The maximum atomic E-state index is 14.1. The molecule has 2 heterocycles. The predicted molar refractivity (Wildman–Crippen MR) is 87.3 cm³/mol. The van der Waals surface area contributed by atoms with E-state index in [0.29, 0.717) is 4.88 Å². The normalized spacial score (nSPS) is 20.1. The molecule has 1 aromatic carbocycles. The average molecular weight is 364 g/mol. The van der Waals surface area contributed by atoms with Gasteiger partial charge in [0.25, 0.3) is 5.91 Å². The van der Waals surface area contributed by atoms with Gasteiger partial charge in [0.2, 0.25) is 0 Å². The van der Waals surface area contributed by atoms with Crippen LogP contribution in [0.15, 0.2) is 30.3 Å². The lowest BCUT2D eigenvalue weighted by Crippen LogP contribution is -2.42. The summed E-state index contributed by atoms with van der Waals surface area (Å²) in [7, 11) is 0. The van der Waals surface area contributed by atoms with Crippen molar-refractivity contribution in [2.45, 2.75) is 19.4 Å². The third-order valence-corrected chi connectivity index (χ3v) is 5.10. The van der Waals surface area contributed by atoms with Gasteiger partial charge in [0.05, 0.1) is 11.4 Å². The Kier molecular flexibility index (Phi) is 4.16. The molecule has 1 aromatic heterocycles. The summed E-state index contributed by atoms with van der Waals surface area (Å²) in [5.74, 6) is -2.75. The van der Waals surface area contributed by atoms with Crippen LogP contribution in [0.25, 0.3) is 0 Å². The maximum Gasteiger partial charge on any atom is 0.325 e. The Morgan fingerprint density at radius 2 is 1.96 bits per heavy atom. The van der Waals surface area contributed by atoms with Crippen molar-refractivity contribution in [1.29, 1.82) is 0 Å². The van der Waals surface area contributed by atoms with E-state index >= 15 is 0 Å². The van der Waals surface area contributed by atoms with E-state index in [1.165, 1.54) is 18.3 Å². The Hall–Kier alpha value is -2.61. The molecule has 1 fully saturated rings. The lowest BCUT2D eigenvalue weighted by Gasteiger charge is -2.22. The van der Waals surface area contributed by atoms with Gasteiger partial charge in [0, 0.05) is 10.4 Å². The number of amides is 3. The number of imide groups is 1. The van der Waals surface area contributed by atoms with E-state index < -0.39 is 41.4 Å². The number of nitrogens with one attached hydrogen (secondary N) is 1. The number of rotatable bonds is 4. The van der Waals surface area contributed by atoms with E-state index in [4.69, 9.17) is 0 Å². The average Bonchev–Trinajstić information content (AvgIpc) is 3.07. The Labute approximate surface area is 146 Å². The maximum absolute atomic E-state index is 14.1. The van der Waals surface area contributed by atoms with Crippen molar-refractivity contribution in [3.63, 3.8) is 0 Å². The highest BCUT2D eigenvalue weighted by Crippen LogP contribution is 2.31. The summed E-state index contributed by atoms with van der Waals surface area (Å²) in [5.41, 5.74) is -2.05. The van der Waals surface area contributed by atoms with Crippen LogP contribution in [0.3, 0.4) is 0 Å². The molecule has 25 heavy (non-hydrogen) atoms. The Morgan fingerprint density at radius 3 is 2.60 bits per heavy atom. The van der Waals surface area contributed by atoms with Gasteiger partial charge in [-0.2, -0.15) is 0 Å². The molecule has 5 nitrogen and oxygen atoms in total. The number of aryl methyl sites for hydroxylation is 1. The van der Waals surface area contributed by atoms with Crippen LogP contribution in [0.4, 0.5) is 13.6 Å². The highest BCUT2D eigenvalue weighted by Gasteiger charge is 2.50. The van der Waals surface area contributed by atoms with E-state index in [0.717, 1.165) is 28.0 Å². The molecule has 0 unspecified atom stereocenters. The largest absolute Gasteiger partial charge is 0.325 e. The third-order valence-electron chi connectivity index (χ3n) is 4.06. The topological polar surface area (TPSA) is 66.5 Å². The van der Waals surface area contributed by atoms with Crippen molar-refractivity contribution in [1.82, 2.24) is 10.2 Å². The number of Topliss-reactive ketones (excluding diaryl/α,β-unsaturated/α-hetero) is 1. The zero-order valence-corrected chi connectivity index (χ0v) is 14.2. The van der Waals surface area contributed by atoms with E-state index in [2.05, 4.69) is 5.32 Å². The molecule has 8 heteroatoms. The molecule has 1 saturated heterocycles. The van der Waals surface area contributed by atoms with Crippen molar-refractivity contribution in [3.8, 4) is 0 Å². The fraction of sp³-hybridized carbons (Fsp3) is 0.235. The fourth-order valence-corrected chi connectivity index (χ4v) is 3.51. The van der Waals surface area contributed by atoms with Gasteiger partial charge in [-0.05, 0) is 44.2 Å². The predicted octanol–water partition coefficient (Wildman–Crippen LogP) is 2.98. The molecule has 1 atom stereocenters. The van der Waals surface area contributed by atoms with Gasteiger partial charge in [-0.3, -0.25) is 14.5 Å². The molecule has 3 rings (SSSR count). The summed E-state index contributed by atoms with van der Waals surface area (Å²) in [6, 6.07) is 5.23. The van der Waals surface area contributed by atoms with Crippen molar-refractivity contribution in [2.24, 2.45) is 0 Å². The number of carbonyl (C=O) groups is 3. The summed E-state index contributed by atoms with van der Waals surface area (Å²) in [6.07, 6.45) is 0. The lowest BCUT2D eigenvalue weighted by molar-refractivity contribution is -0.130. The fourth-order valence-electron chi connectivity index (χ4n) is 2.71. The third kappa shape index (κ3) is 2.93.